The lowest BCUT2D eigenvalue weighted by molar-refractivity contribution is 0.0478. The third-order valence-electron chi connectivity index (χ3n) is 2.24. The van der Waals surface area contributed by atoms with Gasteiger partial charge in [0.25, 0.3) is 0 Å². The van der Waals surface area contributed by atoms with Crippen molar-refractivity contribution in [3.8, 4) is 5.75 Å². The van der Waals surface area contributed by atoms with Crippen molar-refractivity contribution in [2.24, 2.45) is 0 Å². The van der Waals surface area contributed by atoms with Crippen LogP contribution in [0.3, 0.4) is 0 Å². The summed E-state index contributed by atoms with van der Waals surface area (Å²) in [6.45, 7) is 2.38. The number of aromatic nitrogens is 2. The van der Waals surface area contributed by atoms with Crippen LogP contribution < -0.4 is 4.74 Å². The van der Waals surface area contributed by atoms with Crippen LogP contribution >= 0.6 is 0 Å². The zero-order valence-electron chi connectivity index (χ0n) is 10.5. The molecule has 1 heterocycles. The number of hydrogen-bond donors (Lipinski definition) is 0. The second kappa shape index (κ2) is 6.53. The SMILES string of the molecule is CCOC(=O)c1nnc(CCOc2ccccc2)o1. The molecule has 0 radical (unpaired) electrons. The van der Waals surface area contributed by atoms with Crippen molar-refractivity contribution in [1.82, 2.24) is 10.2 Å². The van der Waals surface area contributed by atoms with Gasteiger partial charge < -0.3 is 13.9 Å². The number of carbonyl (C=O) groups is 1. The summed E-state index contributed by atoms with van der Waals surface area (Å²) in [6.07, 6.45) is 0.432. The van der Waals surface area contributed by atoms with Gasteiger partial charge in [0.05, 0.1) is 19.6 Å². The molecular formula is C13H14N2O4. The van der Waals surface area contributed by atoms with Gasteiger partial charge in [-0.3, -0.25) is 0 Å². The molecule has 6 heteroatoms. The van der Waals surface area contributed by atoms with Crippen molar-refractivity contribution >= 4 is 5.97 Å². The summed E-state index contributed by atoms with van der Waals surface area (Å²) in [6, 6.07) is 9.41. The number of carbonyl (C=O) groups excluding carboxylic acids is 1. The van der Waals surface area contributed by atoms with Crippen molar-refractivity contribution in [1.29, 1.82) is 0 Å². The first-order chi connectivity index (χ1) is 9.29. The maximum absolute atomic E-state index is 11.3. The lowest BCUT2D eigenvalue weighted by atomic mass is 10.3. The van der Waals surface area contributed by atoms with Crippen molar-refractivity contribution in [3.63, 3.8) is 0 Å². The van der Waals surface area contributed by atoms with Crippen LogP contribution in [0.4, 0.5) is 0 Å². The van der Waals surface area contributed by atoms with Crippen LogP contribution in [0.1, 0.15) is 23.5 Å². The van der Waals surface area contributed by atoms with E-state index in [1.807, 2.05) is 30.3 Å². The highest BCUT2D eigenvalue weighted by Gasteiger charge is 2.15. The van der Waals surface area contributed by atoms with Gasteiger partial charge in [-0.1, -0.05) is 18.2 Å². The molecule has 0 N–H and O–H groups in total. The normalized spacial score (nSPS) is 10.2. The van der Waals surface area contributed by atoms with Gasteiger partial charge in [-0.05, 0) is 19.1 Å². The highest BCUT2D eigenvalue weighted by atomic mass is 16.5. The van der Waals surface area contributed by atoms with Gasteiger partial charge >= 0.3 is 11.9 Å². The van der Waals surface area contributed by atoms with Gasteiger partial charge in [-0.2, -0.15) is 0 Å². The van der Waals surface area contributed by atoms with Crippen LogP contribution in [-0.2, 0) is 11.2 Å². The highest BCUT2D eigenvalue weighted by molar-refractivity contribution is 5.83. The minimum atomic E-state index is -0.606. The van der Waals surface area contributed by atoms with Crippen LogP contribution in [0.15, 0.2) is 34.7 Å². The Balaban J connectivity index is 1.82. The molecule has 6 nitrogen and oxygen atoms in total. The third-order valence-corrected chi connectivity index (χ3v) is 2.24. The molecule has 2 rings (SSSR count). The van der Waals surface area contributed by atoms with Crippen molar-refractivity contribution in [2.45, 2.75) is 13.3 Å². The molecule has 0 fully saturated rings. The van der Waals surface area contributed by atoms with E-state index in [1.54, 1.807) is 6.92 Å². The van der Waals surface area contributed by atoms with Gasteiger partial charge in [-0.15, -0.1) is 10.2 Å². The Kier molecular flexibility index (Phi) is 4.49. The summed E-state index contributed by atoms with van der Waals surface area (Å²) in [5, 5.41) is 7.37. The number of esters is 1. The lowest BCUT2D eigenvalue weighted by Gasteiger charge is -2.02. The first kappa shape index (κ1) is 13.1. The van der Waals surface area contributed by atoms with Crippen LogP contribution in [0.25, 0.3) is 0 Å². The molecule has 100 valence electrons. The smallest absolute Gasteiger partial charge is 0.396 e. The summed E-state index contributed by atoms with van der Waals surface area (Å²) in [5.74, 6) is 0.383. The van der Waals surface area contributed by atoms with Crippen LogP contribution in [0.2, 0.25) is 0 Å². The number of para-hydroxylation sites is 1. The molecule has 0 unspecified atom stereocenters. The molecule has 0 saturated carbocycles. The number of nitrogens with zero attached hydrogens (tertiary/aromatic N) is 2. The molecule has 19 heavy (non-hydrogen) atoms. The molecule has 0 aliphatic carbocycles. The summed E-state index contributed by atoms with van der Waals surface area (Å²) < 4.78 is 15.4. The quantitative estimate of drug-likeness (QED) is 0.740. The predicted molar refractivity (Wildman–Crippen MR) is 65.9 cm³/mol. The highest BCUT2D eigenvalue weighted by Crippen LogP contribution is 2.09. The fourth-order valence-corrected chi connectivity index (χ4v) is 1.40. The summed E-state index contributed by atoms with van der Waals surface area (Å²) in [5.41, 5.74) is 0. The zero-order chi connectivity index (χ0) is 13.5. The zero-order valence-corrected chi connectivity index (χ0v) is 10.5. The maximum atomic E-state index is 11.3. The number of rotatable bonds is 6. The summed E-state index contributed by atoms with van der Waals surface area (Å²) in [7, 11) is 0. The van der Waals surface area contributed by atoms with E-state index in [2.05, 4.69) is 10.2 Å². The molecule has 2 aromatic rings. The topological polar surface area (TPSA) is 74.5 Å². The summed E-state index contributed by atoms with van der Waals surface area (Å²) in [4.78, 5) is 11.3. The molecule has 0 aliphatic heterocycles. The molecule has 0 bridgehead atoms. The number of benzene rings is 1. The number of hydrogen-bond acceptors (Lipinski definition) is 6. The van der Waals surface area contributed by atoms with E-state index < -0.39 is 5.97 Å². The van der Waals surface area contributed by atoms with Gasteiger partial charge in [0.1, 0.15) is 5.75 Å². The lowest BCUT2D eigenvalue weighted by Crippen LogP contribution is -2.04. The Morgan fingerprint density at radius 3 is 2.79 bits per heavy atom. The van der Waals surface area contributed by atoms with E-state index >= 15 is 0 Å². The van der Waals surface area contributed by atoms with E-state index in [9.17, 15) is 4.79 Å². The molecule has 0 amide bonds. The number of ether oxygens (including phenoxy) is 2. The van der Waals surface area contributed by atoms with E-state index in [1.165, 1.54) is 0 Å². The predicted octanol–water partition coefficient (Wildman–Crippen LogP) is 1.87. The minimum Gasteiger partial charge on any atom is -0.493 e. The van der Waals surface area contributed by atoms with Crippen molar-refractivity contribution in [2.75, 3.05) is 13.2 Å². The molecular weight excluding hydrogens is 248 g/mol. The van der Waals surface area contributed by atoms with Gasteiger partial charge in [0, 0.05) is 0 Å². The molecule has 0 spiro atoms. The molecule has 1 aromatic carbocycles. The average molecular weight is 262 g/mol. The second-order valence-corrected chi connectivity index (χ2v) is 3.63. The third kappa shape index (κ3) is 3.80. The van der Waals surface area contributed by atoms with Gasteiger partial charge in [-0.25, -0.2) is 4.79 Å². The largest absolute Gasteiger partial charge is 0.493 e. The van der Waals surface area contributed by atoms with Crippen molar-refractivity contribution < 1.29 is 18.7 Å². The molecule has 0 saturated heterocycles. The summed E-state index contributed by atoms with van der Waals surface area (Å²) >= 11 is 0. The monoisotopic (exact) mass is 262 g/mol. The van der Waals surface area contributed by atoms with Crippen LogP contribution in [0, 0.1) is 0 Å². The average Bonchev–Trinajstić information content (AvgIpc) is 2.89. The standard InChI is InChI=1S/C13H14N2O4/c1-2-17-13(16)12-15-14-11(19-12)8-9-18-10-6-4-3-5-7-10/h3-7H,2,8-9H2,1H3. The maximum Gasteiger partial charge on any atom is 0.396 e. The molecule has 1 aromatic heterocycles. The van der Waals surface area contributed by atoms with Crippen molar-refractivity contribution in [3.05, 3.63) is 42.1 Å². The van der Waals surface area contributed by atoms with Crippen LogP contribution in [0.5, 0.6) is 5.75 Å². The fraction of sp³-hybridized carbons (Fsp3) is 0.308. The first-order valence-corrected chi connectivity index (χ1v) is 5.97. The first-order valence-electron chi connectivity index (χ1n) is 5.97. The van der Waals surface area contributed by atoms with E-state index in [-0.39, 0.29) is 12.5 Å². The van der Waals surface area contributed by atoms with Crippen LogP contribution in [-0.4, -0.2) is 29.4 Å². The fourth-order valence-electron chi connectivity index (χ4n) is 1.40. The van der Waals surface area contributed by atoms with E-state index in [4.69, 9.17) is 13.9 Å². The minimum absolute atomic E-state index is 0.128. The van der Waals surface area contributed by atoms with Gasteiger partial charge in [0.2, 0.25) is 5.89 Å². The molecule has 0 atom stereocenters. The van der Waals surface area contributed by atoms with Gasteiger partial charge in [0.15, 0.2) is 0 Å². The molecule has 0 aliphatic rings. The Hall–Kier alpha value is -2.37. The van der Waals surface area contributed by atoms with E-state index in [0.29, 0.717) is 18.9 Å². The second-order valence-electron chi connectivity index (χ2n) is 3.63. The Labute approximate surface area is 110 Å². The Morgan fingerprint density at radius 1 is 1.26 bits per heavy atom. The van der Waals surface area contributed by atoms with E-state index in [0.717, 1.165) is 5.75 Å². The Morgan fingerprint density at radius 2 is 2.05 bits per heavy atom. The Bertz CT molecular complexity index is 524.